The van der Waals surface area contributed by atoms with Gasteiger partial charge < -0.3 is 5.41 Å². The van der Waals surface area contributed by atoms with Crippen molar-refractivity contribution in [2.75, 3.05) is 7.05 Å². The maximum absolute atomic E-state index is 11.7. The predicted octanol–water partition coefficient (Wildman–Crippen LogP) is 9.26. The molecular weight excluding hydrogens is 779 g/mol. The second-order valence-electron chi connectivity index (χ2n) is 14.4. The van der Waals surface area contributed by atoms with E-state index in [4.69, 9.17) is 42.1 Å². The normalized spacial score (nSPS) is 21.3. The fourth-order valence-corrected chi connectivity index (χ4v) is 7.01. The SMILES string of the molecule is CN=C1CCCCC1=O.N=C1CCCCC1=O.O=C1CCCCC1=NC(=O)c1ccccc1.O=C1CCCCC1=O.O=C1CCCCC1=S.S=C1CCCCC1=S. The zero-order valence-corrected chi connectivity index (χ0v) is 35.8. The van der Waals surface area contributed by atoms with Crippen molar-refractivity contribution < 1.29 is 33.6 Å². The van der Waals surface area contributed by atoms with Crippen LogP contribution in [0.1, 0.15) is 164 Å². The standard InChI is InChI=1S/C13H13NO2.C7H11NO.C6H9NO.C6H8O2.C6H8OS.C6H8S2/c15-12-9-5-4-8-11(12)14-13(16)10-6-2-1-3-7-10;1-8-6-4-2-3-5-7(6)9;4*7-5-3-1-2-4-6(5)8/h1-3,6-7H,4-5,8-9H2;2-5H2,1H3;7H,1-4H2;3*1-4H2. The van der Waals surface area contributed by atoms with E-state index < -0.39 is 0 Å². The summed E-state index contributed by atoms with van der Waals surface area (Å²) in [5.74, 6) is -0.125. The molecule has 6 saturated carbocycles. The average molecular weight is 836 g/mol. The number of ketones is 6. The van der Waals surface area contributed by atoms with Crippen LogP contribution in [0.3, 0.4) is 0 Å². The molecule has 6 aliphatic rings. The van der Waals surface area contributed by atoms with Crippen LogP contribution in [0.15, 0.2) is 40.3 Å². The van der Waals surface area contributed by atoms with Crippen molar-refractivity contribution in [1.29, 1.82) is 5.41 Å². The smallest absolute Gasteiger partial charge is 0.277 e. The number of rotatable bonds is 1. The Labute approximate surface area is 353 Å². The number of carbonyl (C=O) groups is 7. The lowest BCUT2D eigenvalue weighted by atomic mass is 9.97. The van der Waals surface area contributed by atoms with Crippen LogP contribution >= 0.6 is 36.7 Å². The van der Waals surface area contributed by atoms with Gasteiger partial charge in [0.15, 0.2) is 34.7 Å². The van der Waals surface area contributed by atoms with Gasteiger partial charge in [-0.15, -0.1) is 0 Å². The molecule has 57 heavy (non-hydrogen) atoms. The highest BCUT2D eigenvalue weighted by atomic mass is 32.1. The van der Waals surface area contributed by atoms with E-state index in [2.05, 4.69) is 9.98 Å². The minimum Gasteiger partial charge on any atom is -0.302 e. The highest BCUT2D eigenvalue weighted by Crippen LogP contribution is 2.15. The number of hydrogen-bond acceptors (Lipinski definition) is 12. The van der Waals surface area contributed by atoms with E-state index in [-0.39, 0.29) is 40.6 Å². The van der Waals surface area contributed by atoms with Gasteiger partial charge in [0.1, 0.15) is 0 Å². The lowest BCUT2D eigenvalue weighted by Crippen LogP contribution is -2.20. The molecule has 13 heteroatoms. The van der Waals surface area contributed by atoms with Crippen LogP contribution in [-0.4, -0.2) is 79.4 Å². The van der Waals surface area contributed by atoms with Gasteiger partial charge in [0.05, 0.1) is 22.0 Å². The Balaban J connectivity index is 0.000000243. The third-order valence-corrected chi connectivity index (χ3v) is 11.3. The quantitative estimate of drug-likeness (QED) is 0.213. The third kappa shape index (κ3) is 20.4. The van der Waals surface area contributed by atoms with Crippen LogP contribution in [-0.2, 0) is 28.8 Å². The molecule has 10 nitrogen and oxygen atoms in total. The van der Waals surface area contributed by atoms with Crippen LogP contribution in [0.5, 0.6) is 0 Å². The first-order valence-corrected chi connectivity index (χ1v) is 21.5. The maximum Gasteiger partial charge on any atom is 0.277 e. The summed E-state index contributed by atoms with van der Waals surface area (Å²) in [6.07, 6.45) is 21.3. The third-order valence-electron chi connectivity index (χ3n) is 9.83. The highest BCUT2D eigenvalue weighted by Gasteiger charge is 2.19. The number of thiocarbonyl (C=S) groups is 3. The Bertz CT molecular complexity index is 1520. The number of Topliss-reactive ketones (excluding diaryl/α,β-unsaturated/α-hetero) is 6. The van der Waals surface area contributed by atoms with Crippen molar-refractivity contribution in [1.82, 2.24) is 0 Å². The Morgan fingerprint density at radius 2 is 0.825 bits per heavy atom. The Morgan fingerprint density at radius 3 is 1.14 bits per heavy atom. The molecule has 1 N–H and O–H groups in total. The van der Waals surface area contributed by atoms with E-state index in [1.165, 1.54) is 12.8 Å². The predicted molar refractivity (Wildman–Crippen MR) is 238 cm³/mol. The molecule has 1 aromatic carbocycles. The van der Waals surface area contributed by atoms with E-state index in [0.717, 1.165) is 105 Å². The summed E-state index contributed by atoms with van der Waals surface area (Å²) in [4.78, 5) is 86.7. The molecule has 308 valence electrons. The zero-order valence-electron chi connectivity index (χ0n) is 33.3. The molecule has 0 aromatic heterocycles. The van der Waals surface area contributed by atoms with Gasteiger partial charge in [-0.1, -0.05) is 54.9 Å². The van der Waals surface area contributed by atoms with Crippen LogP contribution in [0, 0.1) is 5.41 Å². The van der Waals surface area contributed by atoms with E-state index in [0.29, 0.717) is 73.2 Å². The Kier molecular flexibility index (Phi) is 24.7. The van der Waals surface area contributed by atoms with Gasteiger partial charge in [-0.05, 0) is 128 Å². The summed E-state index contributed by atoms with van der Waals surface area (Å²) in [5, 5.41) is 7.05. The summed E-state index contributed by atoms with van der Waals surface area (Å²) in [7, 11) is 1.69. The van der Waals surface area contributed by atoms with E-state index >= 15 is 0 Å². The molecule has 0 heterocycles. The second kappa shape index (κ2) is 28.6. The summed E-state index contributed by atoms with van der Waals surface area (Å²) in [6, 6.07) is 8.83. The topological polar surface area (TPSA) is 168 Å². The number of nitrogens with one attached hydrogen (secondary N) is 1. The van der Waals surface area contributed by atoms with Crippen LogP contribution < -0.4 is 0 Å². The molecule has 0 bridgehead atoms. The molecule has 1 amide bonds. The van der Waals surface area contributed by atoms with Gasteiger partial charge in [0, 0.05) is 60.9 Å². The van der Waals surface area contributed by atoms with Crippen LogP contribution in [0.25, 0.3) is 0 Å². The van der Waals surface area contributed by atoms with Crippen molar-refractivity contribution in [2.24, 2.45) is 9.98 Å². The molecule has 6 fully saturated rings. The number of amides is 1. The molecule has 0 atom stereocenters. The van der Waals surface area contributed by atoms with Gasteiger partial charge >= 0.3 is 0 Å². The molecule has 0 spiro atoms. The Hall–Kier alpha value is -3.81. The van der Waals surface area contributed by atoms with E-state index in [1.54, 1.807) is 31.3 Å². The van der Waals surface area contributed by atoms with Gasteiger partial charge in [-0.25, -0.2) is 4.99 Å². The first kappa shape index (κ1) is 49.3. The van der Waals surface area contributed by atoms with Gasteiger partial charge in [0.25, 0.3) is 5.91 Å². The highest BCUT2D eigenvalue weighted by molar-refractivity contribution is 7.89. The molecule has 0 radical (unpaired) electrons. The lowest BCUT2D eigenvalue weighted by Gasteiger charge is -2.10. The number of hydrogen-bond donors (Lipinski definition) is 1. The van der Waals surface area contributed by atoms with Crippen LogP contribution in [0.4, 0.5) is 0 Å². The second-order valence-corrected chi connectivity index (χ2v) is 15.9. The lowest BCUT2D eigenvalue weighted by molar-refractivity contribution is -0.137. The molecule has 0 aliphatic heterocycles. The van der Waals surface area contributed by atoms with Crippen molar-refractivity contribution in [3.63, 3.8) is 0 Å². The average Bonchev–Trinajstić information content (AvgIpc) is 3.22. The van der Waals surface area contributed by atoms with Crippen LogP contribution in [0.2, 0.25) is 0 Å². The van der Waals surface area contributed by atoms with Gasteiger partial charge in [-0.3, -0.25) is 38.6 Å². The van der Waals surface area contributed by atoms with Crippen molar-refractivity contribution in [2.45, 2.75) is 154 Å². The first-order chi connectivity index (χ1) is 27.3. The van der Waals surface area contributed by atoms with Crippen molar-refractivity contribution >= 4 is 109 Å². The molecule has 0 saturated heterocycles. The first-order valence-electron chi connectivity index (χ1n) is 20.3. The van der Waals surface area contributed by atoms with E-state index in [1.807, 2.05) is 6.07 Å². The summed E-state index contributed by atoms with van der Waals surface area (Å²) < 4.78 is 0. The Morgan fingerprint density at radius 1 is 0.456 bits per heavy atom. The van der Waals surface area contributed by atoms with Crippen molar-refractivity contribution in [3.8, 4) is 0 Å². The molecule has 1 aromatic rings. The number of carbonyl (C=O) groups excluding carboxylic acids is 7. The molecular formula is C44H57N3O7S3. The fraction of sp³-hybridized carbons (Fsp3) is 0.568. The summed E-state index contributed by atoms with van der Waals surface area (Å²) in [6.45, 7) is 0. The largest absolute Gasteiger partial charge is 0.302 e. The van der Waals surface area contributed by atoms with Crippen molar-refractivity contribution in [3.05, 3.63) is 35.9 Å². The summed E-state index contributed by atoms with van der Waals surface area (Å²) >= 11 is 14.8. The minimum atomic E-state index is -0.314. The minimum absolute atomic E-state index is 0.0236. The molecule has 7 rings (SSSR count). The number of nitrogens with zero attached hydrogens (tertiary/aromatic N) is 2. The van der Waals surface area contributed by atoms with Gasteiger partial charge in [-0.2, -0.15) is 0 Å². The molecule has 6 aliphatic carbocycles. The zero-order chi connectivity index (χ0) is 42.0. The number of aliphatic imine (C=N–C) groups is 2. The monoisotopic (exact) mass is 835 g/mol. The summed E-state index contributed by atoms with van der Waals surface area (Å²) in [5.41, 5.74) is 2.10. The fourth-order valence-electron chi connectivity index (χ4n) is 6.27. The molecule has 0 unspecified atom stereocenters. The number of benzene rings is 1. The van der Waals surface area contributed by atoms with E-state index in [9.17, 15) is 33.6 Å². The maximum atomic E-state index is 11.7. The van der Waals surface area contributed by atoms with Gasteiger partial charge in [0.2, 0.25) is 0 Å².